The van der Waals surface area contributed by atoms with E-state index < -0.39 is 6.10 Å². The van der Waals surface area contributed by atoms with Gasteiger partial charge in [0, 0.05) is 26.6 Å². The van der Waals surface area contributed by atoms with Crippen LogP contribution in [0.15, 0.2) is 0 Å². The Labute approximate surface area is 91.2 Å². The molecule has 0 aromatic rings. The second kappa shape index (κ2) is 9.87. The zero-order chi connectivity index (χ0) is 11.5. The van der Waals surface area contributed by atoms with Gasteiger partial charge in [0.1, 0.15) is 0 Å². The van der Waals surface area contributed by atoms with Crippen molar-refractivity contribution in [1.82, 2.24) is 4.90 Å². The van der Waals surface area contributed by atoms with Gasteiger partial charge in [-0.1, -0.05) is 0 Å². The van der Waals surface area contributed by atoms with Crippen LogP contribution in [-0.2, 0) is 9.47 Å². The Morgan fingerprint density at radius 2 is 2.20 bits per heavy atom. The molecular weight excluding hydrogens is 196 g/mol. The molecule has 0 aromatic carbocycles. The number of hydrogen-bond donors (Lipinski definition) is 1. The fraction of sp³-hybridized carbons (Fsp3) is 0.900. The molecule has 0 bridgehead atoms. The number of aliphatic hydroxyl groups is 1. The highest BCUT2D eigenvalue weighted by atomic mass is 16.5. The Bertz CT molecular complexity index is 182. The van der Waals surface area contributed by atoms with Crippen molar-refractivity contribution in [1.29, 1.82) is 5.26 Å². The van der Waals surface area contributed by atoms with Crippen LogP contribution < -0.4 is 0 Å². The smallest absolute Gasteiger partial charge is 0.0900 e. The van der Waals surface area contributed by atoms with Gasteiger partial charge in [-0.3, -0.25) is 0 Å². The number of methoxy groups -OCH3 is 1. The monoisotopic (exact) mass is 216 g/mol. The molecule has 0 amide bonds. The topological polar surface area (TPSA) is 65.7 Å². The summed E-state index contributed by atoms with van der Waals surface area (Å²) in [5.41, 5.74) is 0. The second-order valence-corrected chi connectivity index (χ2v) is 3.39. The second-order valence-electron chi connectivity index (χ2n) is 3.39. The van der Waals surface area contributed by atoms with Crippen molar-refractivity contribution in [2.45, 2.75) is 12.5 Å². The van der Waals surface area contributed by atoms with Crippen molar-refractivity contribution in [2.75, 3.05) is 47.1 Å². The number of nitriles is 1. The lowest BCUT2D eigenvalue weighted by atomic mass is 10.3. The van der Waals surface area contributed by atoms with E-state index in [1.165, 1.54) is 0 Å². The summed E-state index contributed by atoms with van der Waals surface area (Å²) in [5, 5.41) is 17.9. The van der Waals surface area contributed by atoms with Gasteiger partial charge in [-0.15, -0.1) is 0 Å². The molecule has 1 unspecified atom stereocenters. The normalized spacial score (nSPS) is 12.7. The first-order chi connectivity index (χ1) is 7.20. The Morgan fingerprint density at radius 3 is 2.80 bits per heavy atom. The first-order valence-electron chi connectivity index (χ1n) is 5.01. The van der Waals surface area contributed by atoms with Crippen molar-refractivity contribution in [3.63, 3.8) is 0 Å². The molecule has 5 nitrogen and oxygen atoms in total. The molecule has 0 aliphatic rings. The van der Waals surface area contributed by atoms with E-state index in [0.717, 1.165) is 0 Å². The van der Waals surface area contributed by atoms with E-state index in [1.54, 1.807) is 7.11 Å². The van der Waals surface area contributed by atoms with Crippen LogP contribution >= 0.6 is 0 Å². The molecule has 0 aromatic heterocycles. The molecule has 0 spiro atoms. The van der Waals surface area contributed by atoms with Crippen molar-refractivity contribution >= 4 is 0 Å². The summed E-state index contributed by atoms with van der Waals surface area (Å²) in [4.78, 5) is 1.91. The number of nitrogens with zero attached hydrogens (tertiary/aromatic N) is 2. The summed E-state index contributed by atoms with van der Waals surface area (Å²) in [6, 6.07) is 2.06. The largest absolute Gasteiger partial charge is 0.389 e. The first kappa shape index (κ1) is 14.3. The lowest BCUT2D eigenvalue weighted by molar-refractivity contribution is 0.00260. The molecule has 1 atom stereocenters. The molecule has 0 saturated carbocycles. The highest BCUT2D eigenvalue weighted by Crippen LogP contribution is 1.92. The van der Waals surface area contributed by atoms with Gasteiger partial charge >= 0.3 is 0 Å². The predicted molar refractivity (Wildman–Crippen MR) is 56.4 cm³/mol. The van der Waals surface area contributed by atoms with Gasteiger partial charge < -0.3 is 19.5 Å². The molecule has 15 heavy (non-hydrogen) atoms. The average Bonchev–Trinajstić information content (AvgIpc) is 2.21. The minimum Gasteiger partial charge on any atom is -0.389 e. The molecule has 0 saturated heterocycles. The third-order valence-corrected chi connectivity index (χ3v) is 1.87. The molecule has 0 aliphatic heterocycles. The third-order valence-electron chi connectivity index (χ3n) is 1.87. The number of rotatable bonds is 9. The van der Waals surface area contributed by atoms with Crippen molar-refractivity contribution in [2.24, 2.45) is 0 Å². The van der Waals surface area contributed by atoms with Gasteiger partial charge in [-0.25, -0.2) is 0 Å². The van der Waals surface area contributed by atoms with Crippen LogP contribution in [0.3, 0.4) is 0 Å². The van der Waals surface area contributed by atoms with Gasteiger partial charge in [0.15, 0.2) is 0 Å². The van der Waals surface area contributed by atoms with Crippen LogP contribution in [0.25, 0.3) is 0 Å². The van der Waals surface area contributed by atoms with E-state index in [9.17, 15) is 5.11 Å². The molecular formula is C10H20N2O3. The van der Waals surface area contributed by atoms with Crippen LogP contribution in [0.5, 0.6) is 0 Å². The van der Waals surface area contributed by atoms with Crippen molar-refractivity contribution in [3.8, 4) is 6.07 Å². The van der Waals surface area contributed by atoms with E-state index in [-0.39, 0.29) is 0 Å². The zero-order valence-electron chi connectivity index (χ0n) is 9.48. The van der Waals surface area contributed by atoms with Gasteiger partial charge in [0.2, 0.25) is 0 Å². The lowest BCUT2D eigenvalue weighted by Gasteiger charge is -2.19. The minimum atomic E-state index is -0.509. The van der Waals surface area contributed by atoms with E-state index in [0.29, 0.717) is 39.3 Å². The van der Waals surface area contributed by atoms with E-state index in [4.69, 9.17) is 14.7 Å². The number of ether oxygens (including phenoxy) is 2. The minimum absolute atomic E-state index is 0.306. The summed E-state index contributed by atoms with van der Waals surface area (Å²) < 4.78 is 9.98. The van der Waals surface area contributed by atoms with Crippen LogP contribution in [0, 0.1) is 11.3 Å². The van der Waals surface area contributed by atoms with Crippen LogP contribution in [0.2, 0.25) is 0 Å². The van der Waals surface area contributed by atoms with Crippen molar-refractivity contribution in [3.05, 3.63) is 0 Å². The summed E-state index contributed by atoms with van der Waals surface area (Å²) in [6.45, 7) is 2.53. The fourth-order valence-electron chi connectivity index (χ4n) is 1.11. The van der Waals surface area contributed by atoms with Gasteiger partial charge in [0.25, 0.3) is 0 Å². The zero-order valence-corrected chi connectivity index (χ0v) is 9.48. The van der Waals surface area contributed by atoms with E-state index in [2.05, 4.69) is 6.07 Å². The first-order valence-corrected chi connectivity index (χ1v) is 5.01. The molecule has 88 valence electrons. The molecule has 0 radical (unpaired) electrons. The summed E-state index contributed by atoms with van der Waals surface area (Å²) in [6.07, 6.45) is -0.0288. The summed E-state index contributed by atoms with van der Waals surface area (Å²) >= 11 is 0. The van der Waals surface area contributed by atoms with Gasteiger partial charge in [-0.05, 0) is 7.05 Å². The molecule has 0 aliphatic carbocycles. The molecule has 0 heterocycles. The Morgan fingerprint density at radius 1 is 1.47 bits per heavy atom. The quantitative estimate of drug-likeness (QED) is 0.543. The fourth-order valence-corrected chi connectivity index (χ4v) is 1.11. The highest BCUT2D eigenvalue weighted by molar-refractivity contribution is 4.72. The Kier molecular flexibility index (Phi) is 9.43. The molecule has 0 fully saturated rings. The van der Waals surface area contributed by atoms with E-state index in [1.807, 2.05) is 11.9 Å². The number of aliphatic hydroxyl groups excluding tert-OH is 1. The maximum atomic E-state index is 9.53. The maximum absolute atomic E-state index is 9.53. The van der Waals surface area contributed by atoms with Gasteiger partial charge in [0.05, 0.1) is 32.0 Å². The lowest BCUT2D eigenvalue weighted by Crippen LogP contribution is -2.33. The summed E-state index contributed by atoms with van der Waals surface area (Å²) in [7, 11) is 3.48. The number of hydrogen-bond acceptors (Lipinski definition) is 5. The summed E-state index contributed by atoms with van der Waals surface area (Å²) in [5.74, 6) is 0. The average molecular weight is 216 g/mol. The van der Waals surface area contributed by atoms with Gasteiger partial charge in [-0.2, -0.15) is 5.26 Å². The standard InChI is InChI=1S/C10H20N2O3/c1-12(5-3-4-11)8-10(13)9-15-7-6-14-2/h10,13H,3,5-9H2,1-2H3. The highest BCUT2D eigenvalue weighted by Gasteiger charge is 2.07. The van der Waals surface area contributed by atoms with Crippen LogP contribution in [0.4, 0.5) is 0 Å². The third kappa shape index (κ3) is 9.63. The molecule has 1 N–H and O–H groups in total. The molecule has 0 rings (SSSR count). The molecule has 5 heteroatoms. The van der Waals surface area contributed by atoms with Crippen LogP contribution in [0.1, 0.15) is 6.42 Å². The number of likely N-dealkylation sites (N-methyl/N-ethyl adjacent to an activating group) is 1. The van der Waals surface area contributed by atoms with E-state index >= 15 is 0 Å². The Hall–Kier alpha value is -0.670. The maximum Gasteiger partial charge on any atom is 0.0900 e. The SMILES string of the molecule is COCCOCC(O)CN(C)CCC#N. The predicted octanol–water partition coefficient (Wildman–Crippen LogP) is -0.144. The van der Waals surface area contributed by atoms with Crippen LogP contribution in [-0.4, -0.2) is 63.2 Å². The Balaban J connectivity index is 3.38. The van der Waals surface area contributed by atoms with Crippen molar-refractivity contribution < 1.29 is 14.6 Å².